The molecule has 1 N–H and O–H groups in total. The lowest BCUT2D eigenvalue weighted by Crippen LogP contribution is -2.06. The van der Waals surface area contributed by atoms with E-state index in [4.69, 9.17) is 18.9 Å². The Morgan fingerprint density at radius 2 is 1.66 bits per heavy atom. The van der Waals surface area contributed by atoms with E-state index in [1.54, 1.807) is 39.3 Å². The molecular formula is C23H24FN3O5. The van der Waals surface area contributed by atoms with Crippen molar-refractivity contribution in [3.8, 4) is 23.0 Å². The highest BCUT2D eigenvalue weighted by Crippen LogP contribution is 2.31. The van der Waals surface area contributed by atoms with E-state index in [0.29, 0.717) is 40.9 Å². The number of carbonyl (C=O) groups excluding carboxylic acids is 1. The number of benzene rings is 2. The largest absolute Gasteiger partial charge is 0.494 e. The van der Waals surface area contributed by atoms with Gasteiger partial charge in [-0.25, -0.2) is 14.4 Å². The lowest BCUT2D eigenvalue weighted by molar-refractivity contribution is 0.0987. The first-order chi connectivity index (χ1) is 15.5. The molecular weight excluding hydrogens is 417 g/mol. The second kappa shape index (κ2) is 10.4. The highest BCUT2D eigenvalue weighted by Gasteiger charge is 2.15. The zero-order valence-corrected chi connectivity index (χ0v) is 18.3. The van der Waals surface area contributed by atoms with Crippen molar-refractivity contribution < 1.29 is 28.1 Å². The van der Waals surface area contributed by atoms with Crippen LogP contribution in [0.1, 0.15) is 29.3 Å². The zero-order chi connectivity index (χ0) is 23.1. The van der Waals surface area contributed by atoms with E-state index in [9.17, 15) is 9.18 Å². The van der Waals surface area contributed by atoms with E-state index in [1.165, 1.54) is 31.6 Å². The molecule has 9 heteroatoms. The fourth-order valence-corrected chi connectivity index (χ4v) is 2.93. The fraction of sp³-hybridized carbons (Fsp3) is 0.261. The minimum absolute atomic E-state index is 0.00591. The molecule has 0 saturated carbocycles. The van der Waals surface area contributed by atoms with Gasteiger partial charge in [0.2, 0.25) is 5.95 Å². The van der Waals surface area contributed by atoms with Gasteiger partial charge in [-0.2, -0.15) is 0 Å². The monoisotopic (exact) mass is 441 g/mol. The maximum absolute atomic E-state index is 14.6. The molecule has 168 valence electrons. The molecule has 3 aromatic rings. The van der Waals surface area contributed by atoms with Gasteiger partial charge >= 0.3 is 0 Å². The summed E-state index contributed by atoms with van der Waals surface area (Å²) in [6, 6.07) is 8.18. The number of halogens is 1. The summed E-state index contributed by atoms with van der Waals surface area (Å²) in [6.07, 6.45) is 3.23. The van der Waals surface area contributed by atoms with Crippen LogP contribution in [-0.4, -0.2) is 37.1 Å². The Hall–Kier alpha value is -3.88. The summed E-state index contributed by atoms with van der Waals surface area (Å²) in [5, 5.41) is 3.05. The molecule has 0 spiro atoms. The van der Waals surface area contributed by atoms with Crippen LogP contribution < -0.4 is 24.3 Å². The van der Waals surface area contributed by atoms with Crippen molar-refractivity contribution in [2.24, 2.45) is 0 Å². The number of nitrogens with one attached hydrogen (secondary N) is 1. The van der Waals surface area contributed by atoms with Gasteiger partial charge in [-0.05, 0) is 24.3 Å². The van der Waals surface area contributed by atoms with Crippen LogP contribution in [0, 0.1) is 5.82 Å². The van der Waals surface area contributed by atoms with E-state index >= 15 is 0 Å². The minimum atomic E-state index is -0.576. The van der Waals surface area contributed by atoms with Crippen molar-refractivity contribution in [1.29, 1.82) is 0 Å². The van der Waals surface area contributed by atoms with Crippen LogP contribution >= 0.6 is 0 Å². The SMILES string of the molecule is CCC(=O)c1cc(COc2cnc(Nc3ccc(OC)c(OC)c3)nc2)c(F)c(OC)c1. The van der Waals surface area contributed by atoms with Gasteiger partial charge in [-0.15, -0.1) is 0 Å². The average Bonchev–Trinajstić information content (AvgIpc) is 2.83. The summed E-state index contributed by atoms with van der Waals surface area (Å²) in [5.74, 6) is 1.16. The number of methoxy groups -OCH3 is 3. The molecule has 32 heavy (non-hydrogen) atoms. The number of nitrogens with zero attached hydrogens (tertiary/aromatic N) is 2. The predicted molar refractivity (Wildman–Crippen MR) is 117 cm³/mol. The first kappa shape index (κ1) is 22.8. The van der Waals surface area contributed by atoms with Crippen LogP contribution in [0.4, 0.5) is 16.0 Å². The van der Waals surface area contributed by atoms with Gasteiger partial charge in [0.05, 0.1) is 33.7 Å². The Morgan fingerprint density at radius 3 is 2.28 bits per heavy atom. The van der Waals surface area contributed by atoms with Gasteiger partial charge in [-0.3, -0.25) is 4.79 Å². The number of ether oxygens (including phenoxy) is 4. The molecule has 2 aromatic carbocycles. The van der Waals surface area contributed by atoms with Crippen LogP contribution in [0.15, 0.2) is 42.7 Å². The van der Waals surface area contributed by atoms with Gasteiger partial charge in [0.25, 0.3) is 0 Å². The Morgan fingerprint density at radius 1 is 0.969 bits per heavy atom. The van der Waals surface area contributed by atoms with Gasteiger partial charge in [0, 0.05) is 29.3 Å². The Kier molecular flexibility index (Phi) is 7.43. The maximum atomic E-state index is 14.6. The lowest BCUT2D eigenvalue weighted by atomic mass is 10.0. The maximum Gasteiger partial charge on any atom is 0.227 e. The molecule has 3 rings (SSSR count). The van der Waals surface area contributed by atoms with E-state index < -0.39 is 5.82 Å². The van der Waals surface area contributed by atoms with Crippen molar-refractivity contribution in [2.75, 3.05) is 26.6 Å². The summed E-state index contributed by atoms with van der Waals surface area (Å²) < 4.78 is 35.7. The number of rotatable bonds is 10. The van der Waals surface area contributed by atoms with Crippen LogP contribution in [0.5, 0.6) is 23.0 Å². The van der Waals surface area contributed by atoms with Gasteiger partial charge in [-0.1, -0.05) is 6.92 Å². The van der Waals surface area contributed by atoms with Crippen molar-refractivity contribution in [3.05, 3.63) is 59.7 Å². The lowest BCUT2D eigenvalue weighted by Gasteiger charge is -2.12. The molecule has 0 amide bonds. The Bertz CT molecular complexity index is 1090. The van der Waals surface area contributed by atoms with Gasteiger partial charge < -0.3 is 24.3 Å². The second-order valence-corrected chi connectivity index (χ2v) is 6.65. The third-order valence-electron chi connectivity index (χ3n) is 4.64. The van der Waals surface area contributed by atoms with E-state index in [2.05, 4.69) is 15.3 Å². The van der Waals surface area contributed by atoms with Gasteiger partial charge in [0.1, 0.15) is 6.61 Å². The van der Waals surface area contributed by atoms with E-state index in [-0.39, 0.29) is 23.7 Å². The predicted octanol–water partition coefficient (Wildman–Crippen LogP) is 4.56. The summed E-state index contributed by atoms with van der Waals surface area (Å²) in [5.41, 5.74) is 1.28. The van der Waals surface area contributed by atoms with Crippen molar-refractivity contribution in [3.63, 3.8) is 0 Å². The second-order valence-electron chi connectivity index (χ2n) is 6.65. The third kappa shape index (κ3) is 5.23. The quantitative estimate of drug-likeness (QED) is 0.458. The number of ketones is 1. The number of hydrogen-bond donors (Lipinski definition) is 1. The molecule has 0 radical (unpaired) electrons. The van der Waals surface area contributed by atoms with Gasteiger partial charge in [0.15, 0.2) is 34.6 Å². The minimum Gasteiger partial charge on any atom is -0.494 e. The highest BCUT2D eigenvalue weighted by atomic mass is 19.1. The third-order valence-corrected chi connectivity index (χ3v) is 4.64. The molecule has 0 atom stereocenters. The molecule has 8 nitrogen and oxygen atoms in total. The number of hydrogen-bond acceptors (Lipinski definition) is 8. The standard InChI is InChI=1S/C23H24FN3O5/c1-5-18(28)14-8-15(22(24)21(9-14)31-4)13-32-17-11-25-23(26-12-17)27-16-6-7-19(29-2)20(10-16)30-3/h6-12H,5,13H2,1-4H3,(H,25,26,27). The van der Waals surface area contributed by atoms with Crippen molar-refractivity contribution in [2.45, 2.75) is 20.0 Å². The topological polar surface area (TPSA) is 91.8 Å². The summed E-state index contributed by atoms with van der Waals surface area (Å²) >= 11 is 0. The summed E-state index contributed by atoms with van der Waals surface area (Å²) in [4.78, 5) is 20.4. The zero-order valence-electron chi connectivity index (χ0n) is 18.3. The van der Waals surface area contributed by atoms with Crippen LogP contribution in [0.3, 0.4) is 0 Å². The number of anilines is 2. The molecule has 1 aromatic heterocycles. The van der Waals surface area contributed by atoms with Crippen LogP contribution in [-0.2, 0) is 6.61 Å². The molecule has 0 fully saturated rings. The molecule has 0 aliphatic heterocycles. The number of Topliss-reactive ketones (excluding diaryl/α,β-unsaturated/α-hetero) is 1. The first-order valence-corrected chi connectivity index (χ1v) is 9.82. The van der Waals surface area contributed by atoms with Crippen molar-refractivity contribution >= 4 is 17.4 Å². The fourth-order valence-electron chi connectivity index (χ4n) is 2.93. The molecule has 0 saturated heterocycles. The number of aromatic nitrogens is 2. The molecule has 0 aliphatic rings. The van der Waals surface area contributed by atoms with E-state index in [1.807, 2.05) is 0 Å². The summed E-state index contributed by atoms with van der Waals surface area (Å²) in [7, 11) is 4.46. The summed E-state index contributed by atoms with van der Waals surface area (Å²) in [6.45, 7) is 1.63. The molecule has 0 bridgehead atoms. The average molecular weight is 441 g/mol. The molecule has 1 heterocycles. The smallest absolute Gasteiger partial charge is 0.227 e. The molecule has 0 unspecified atom stereocenters. The first-order valence-electron chi connectivity index (χ1n) is 9.82. The number of carbonyl (C=O) groups is 1. The normalized spacial score (nSPS) is 10.4. The molecule has 0 aliphatic carbocycles. The van der Waals surface area contributed by atoms with Crippen LogP contribution in [0.25, 0.3) is 0 Å². The highest BCUT2D eigenvalue weighted by molar-refractivity contribution is 5.96. The van der Waals surface area contributed by atoms with Crippen LogP contribution in [0.2, 0.25) is 0 Å². The van der Waals surface area contributed by atoms with E-state index in [0.717, 1.165) is 0 Å². The Balaban J connectivity index is 1.70. The van der Waals surface area contributed by atoms with Crippen molar-refractivity contribution in [1.82, 2.24) is 9.97 Å². The Labute approximate surface area is 185 Å².